The number of aliphatic imine (C=N–C) groups is 1. The van der Waals surface area contributed by atoms with Gasteiger partial charge in [-0.05, 0) is 6.42 Å². The van der Waals surface area contributed by atoms with Gasteiger partial charge >= 0.3 is 0 Å². The van der Waals surface area contributed by atoms with Crippen LogP contribution in [0.25, 0.3) is 0 Å². The molecule has 2 aromatic rings. The smallest absolute Gasteiger partial charge is 0.213 e. The molecule has 0 aliphatic carbocycles. The quantitative estimate of drug-likeness (QED) is 0.554. The number of methoxy groups -OCH3 is 2. The topological polar surface area (TPSA) is 84.2 Å². The van der Waals surface area contributed by atoms with E-state index in [-0.39, 0.29) is 11.5 Å². The average Bonchev–Trinajstić information content (AvgIpc) is 3.40. The van der Waals surface area contributed by atoms with Crippen LogP contribution in [0.2, 0.25) is 0 Å². The third kappa shape index (κ3) is 5.37. The molecule has 0 saturated carbocycles. The SMILES string of the molecule is CN=C(NCc1ncc(C(C)(C)C)o1)NC1CCN(c2cc(OC)cc(OC)c2)C1. The number of guanidine groups is 1. The lowest BCUT2D eigenvalue weighted by molar-refractivity contribution is 0.379. The van der Waals surface area contributed by atoms with Gasteiger partial charge in [-0.15, -0.1) is 0 Å². The summed E-state index contributed by atoms with van der Waals surface area (Å²) in [6.07, 6.45) is 2.80. The molecular weight excluding hydrogens is 382 g/mol. The lowest BCUT2D eigenvalue weighted by Gasteiger charge is -2.21. The first-order valence-corrected chi connectivity index (χ1v) is 10.2. The lowest BCUT2D eigenvalue weighted by atomic mass is 9.94. The standard InChI is InChI=1S/C22H33N5O3/c1-22(2,3)19-12-24-20(30-19)13-25-21(23-4)26-15-7-8-27(14-15)16-9-17(28-5)11-18(10-16)29-6/h9-12,15H,7-8,13-14H2,1-6H3,(H2,23,25,26). The van der Waals surface area contributed by atoms with Crippen molar-refractivity contribution >= 4 is 11.6 Å². The number of aromatic nitrogens is 1. The third-order valence-electron chi connectivity index (χ3n) is 5.15. The number of benzene rings is 1. The molecule has 1 saturated heterocycles. The van der Waals surface area contributed by atoms with Gasteiger partial charge in [0.05, 0.1) is 27.0 Å². The van der Waals surface area contributed by atoms with Crippen molar-refractivity contribution in [3.8, 4) is 11.5 Å². The molecule has 1 atom stereocenters. The molecule has 30 heavy (non-hydrogen) atoms. The number of nitrogens with one attached hydrogen (secondary N) is 2. The van der Waals surface area contributed by atoms with Crippen molar-refractivity contribution in [2.45, 2.75) is 45.2 Å². The summed E-state index contributed by atoms with van der Waals surface area (Å²) in [6, 6.07) is 6.23. The zero-order valence-corrected chi connectivity index (χ0v) is 18.8. The Morgan fingerprint density at radius 3 is 2.50 bits per heavy atom. The molecule has 1 aliphatic rings. The Morgan fingerprint density at radius 2 is 1.93 bits per heavy atom. The van der Waals surface area contributed by atoms with Crippen LogP contribution in [-0.2, 0) is 12.0 Å². The molecule has 2 N–H and O–H groups in total. The number of anilines is 1. The molecule has 2 heterocycles. The summed E-state index contributed by atoms with van der Waals surface area (Å²) in [5, 5.41) is 6.79. The van der Waals surface area contributed by atoms with Crippen molar-refractivity contribution in [2.75, 3.05) is 39.3 Å². The molecule has 0 spiro atoms. The van der Waals surface area contributed by atoms with E-state index in [9.17, 15) is 0 Å². The Bertz CT molecular complexity index is 850. The summed E-state index contributed by atoms with van der Waals surface area (Å²) in [4.78, 5) is 11.0. The van der Waals surface area contributed by atoms with Gasteiger partial charge in [0, 0.05) is 55.5 Å². The second-order valence-corrected chi connectivity index (χ2v) is 8.44. The van der Waals surface area contributed by atoms with E-state index >= 15 is 0 Å². The van der Waals surface area contributed by atoms with E-state index in [1.807, 2.05) is 18.2 Å². The summed E-state index contributed by atoms with van der Waals surface area (Å²) >= 11 is 0. The van der Waals surface area contributed by atoms with Gasteiger partial charge in [-0.3, -0.25) is 4.99 Å². The molecule has 1 aromatic heterocycles. The molecular formula is C22H33N5O3. The van der Waals surface area contributed by atoms with E-state index in [1.54, 1.807) is 27.5 Å². The average molecular weight is 416 g/mol. The highest BCUT2D eigenvalue weighted by Gasteiger charge is 2.25. The van der Waals surface area contributed by atoms with E-state index in [0.29, 0.717) is 12.4 Å². The van der Waals surface area contributed by atoms with Gasteiger partial charge in [0.25, 0.3) is 0 Å². The predicted molar refractivity (Wildman–Crippen MR) is 119 cm³/mol. The minimum absolute atomic E-state index is 0.0543. The maximum absolute atomic E-state index is 5.84. The Labute approximate surface area is 178 Å². The fraction of sp³-hybridized carbons (Fsp3) is 0.545. The van der Waals surface area contributed by atoms with E-state index < -0.39 is 0 Å². The van der Waals surface area contributed by atoms with Crippen molar-refractivity contribution in [2.24, 2.45) is 4.99 Å². The number of ether oxygens (including phenoxy) is 2. The van der Waals surface area contributed by atoms with Crippen molar-refractivity contribution in [3.63, 3.8) is 0 Å². The molecule has 164 valence electrons. The van der Waals surface area contributed by atoms with Gasteiger partial charge in [0.1, 0.15) is 17.3 Å². The molecule has 8 heteroatoms. The van der Waals surface area contributed by atoms with Gasteiger partial charge < -0.3 is 29.4 Å². The summed E-state index contributed by atoms with van der Waals surface area (Å²) in [5.41, 5.74) is 1.04. The van der Waals surface area contributed by atoms with E-state index in [4.69, 9.17) is 13.9 Å². The minimum atomic E-state index is -0.0543. The van der Waals surface area contributed by atoms with Crippen molar-refractivity contribution in [1.82, 2.24) is 15.6 Å². The first-order valence-electron chi connectivity index (χ1n) is 10.2. The maximum atomic E-state index is 5.84. The lowest BCUT2D eigenvalue weighted by Crippen LogP contribution is -2.44. The van der Waals surface area contributed by atoms with E-state index in [1.165, 1.54) is 0 Å². The van der Waals surface area contributed by atoms with Crippen LogP contribution in [0.4, 0.5) is 5.69 Å². The van der Waals surface area contributed by atoms with Crippen LogP contribution in [0.3, 0.4) is 0 Å². The highest BCUT2D eigenvalue weighted by atomic mass is 16.5. The van der Waals surface area contributed by atoms with Crippen LogP contribution < -0.4 is 25.0 Å². The Balaban J connectivity index is 1.55. The predicted octanol–water partition coefficient (Wildman–Crippen LogP) is 2.93. The highest BCUT2D eigenvalue weighted by Crippen LogP contribution is 2.30. The van der Waals surface area contributed by atoms with E-state index in [0.717, 1.165) is 48.4 Å². The molecule has 1 aromatic carbocycles. The first kappa shape index (κ1) is 21.8. The van der Waals surface area contributed by atoms with Gasteiger partial charge in [-0.25, -0.2) is 4.98 Å². The molecule has 1 unspecified atom stereocenters. The Morgan fingerprint density at radius 1 is 1.23 bits per heavy atom. The molecule has 3 rings (SSSR count). The van der Waals surface area contributed by atoms with Crippen molar-refractivity contribution < 1.29 is 13.9 Å². The van der Waals surface area contributed by atoms with Crippen molar-refractivity contribution in [1.29, 1.82) is 0 Å². The largest absolute Gasteiger partial charge is 0.497 e. The third-order valence-corrected chi connectivity index (χ3v) is 5.15. The molecule has 1 fully saturated rings. The fourth-order valence-corrected chi connectivity index (χ4v) is 3.37. The van der Waals surface area contributed by atoms with Gasteiger partial charge in [0.2, 0.25) is 5.89 Å². The highest BCUT2D eigenvalue weighted by molar-refractivity contribution is 5.80. The van der Waals surface area contributed by atoms with Crippen LogP contribution in [0, 0.1) is 0 Å². The number of oxazole rings is 1. The van der Waals surface area contributed by atoms with Crippen LogP contribution in [0.15, 0.2) is 33.8 Å². The van der Waals surface area contributed by atoms with E-state index in [2.05, 4.69) is 46.3 Å². The second kappa shape index (κ2) is 9.28. The van der Waals surface area contributed by atoms with Crippen LogP contribution in [0.1, 0.15) is 38.8 Å². The second-order valence-electron chi connectivity index (χ2n) is 8.44. The Hall–Kier alpha value is -2.90. The molecule has 0 bridgehead atoms. The maximum Gasteiger partial charge on any atom is 0.213 e. The number of rotatable bonds is 6. The zero-order valence-electron chi connectivity index (χ0n) is 18.8. The number of hydrogen-bond acceptors (Lipinski definition) is 6. The Kier molecular flexibility index (Phi) is 6.74. The number of hydrogen-bond donors (Lipinski definition) is 2. The summed E-state index contributed by atoms with van der Waals surface area (Å²) < 4.78 is 16.6. The van der Waals surface area contributed by atoms with Gasteiger partial charge in [0.15, 0.2) is 5.96 Å². The first-order chi connectivity index (χ1) is 14.3. The van der Waals surface area contributed by atoms with Crippen LogP contribution in [0.5, 0.6) is 11.5 Å². The molecule has 1 aliphatic heterocycles. The molecule has 8 nitrogen and oxygen atoms in total. The monoisotopic (exact) mass is 415 g/mol. The van der Waals surface area contributed by atoms with Crippen LogP contribution in [-0.4, -0.2) is 51.3 Å². The van der Waals surface area contributed by atoms with Gasteiger partial charge in [-0.1, -0.05) is 20.8 Å². The van der Waals surface area contributed by atoms with Crippen LogP contribution >= 0.6 is 0 Å². The molecule has 0 amide bonds. The zero-order chi connectivity index (χ0) is 21.7. The van der Waals surface area contributed by atoms with Crippen molar-refractivity contribution in [3.05, 3.63) is 36.0 Å². The minimum Gasteiger partial charge on any atom is -0.497 e. The van der Waals surface area contributed by atoms with Gasteiger partial charge in [-0.2, -0.15) is 0 Å². The summed E-state index contributed by atoms with van der Waals surface area (Å²) in [7, 11) is 5.10. The number of nitrogens with zero attached hydrogens (tertiary/aromatic N) is 3. The summed E-state index contributed by atoms with van der Waals surface area (Å²) in [5.74, 6) is 3.85. The molecule has 0 radical (unpaired) electrons. The normalized spacial score (nSPS) is 17.2. The summed E-state index contributed by atoms with van der Waals surface area (Å²) in [6.45, 7) is 8.61. The fourth-order valence-electron chi connectivity index (χ4n) is 3.37.